The first-order valence-corrected chi connectivity index (χ1v) is 7.12. The van der Waals surface area contributed by atoms with Crippen LogP contribution in [0.15, 0.2) is 30.4 Å². The summed E-state index contributed by atoms with van der Waals surface area (Å²) in [5, 5.41) is 4.41. The number of nitrogens with one attached hydrogen (secondary N) is 1. The van der Waals surface area contributed by atoms with E-state index < -0.39 is 0 Å². The topological polar surface area (TPSA) is 12.0 Å². The summed E-state index contributed by atoms with van der Waals surface area (Å²) >= 11 is 6.02. The zero-order valence-electron chi connectivity index (χ0n) is 11.7. The van der Waals surface area contributed by atoms with E-state index in [9.17, 15) is 0 Å². The van der Waals surface area contributed by atoms with Crippen LogP contribution < -0.4 is 5.32 Å². The second kappa shape index (κ2) is 7.60. The molecule has 1 aromatic rings. The van der Waals surface area contributed by atoms with Gasteiger partial charge in [-0.2, -0.15) is 0 Å². The Labute approximate surface area is 116 Å². The fourth-order valence-electron chi connectivity index (χ4n) is 2.07. The van der Waals surface area contributed by atoms with Gasteiger partial charge in [0.2, 0.25) is 0 Å². The Balaban J connectivity index is 2.89. The van der Waals surface area contributed by atoms with Gasteiger partial charge in [0.1, 0.15) is 0 Å². The molecule has 0 radical (unpaired) electrons. The molecule has 0 saturated heterocycles. The molecule has 0 spiro atoms. The average molecular weight is 266 g/mol. The molecule has 0 aliphatic rings. The summed E-state index contributed by atoms with van der Waals surface area (Å²) < 4.78 is 0. The minimum Gasteiger partial charge on any atom is -0.310 e. The highest BCUT2D eigenvalue weighted by molar-refractivity contribution is 6.30. The minimum absolute atomic E-state index is 0.356. The van der Waals surface area contributed by atoms with Crippen molar-refractivity contribution in [2.24, 2.45) is 0 Å². The lowest BCUT2D eigenvalue weighted by atomic mass is 9.95. The molecule has 1 nitrogen and oxygen atoms in total. The van der Waals surface area contributed by atoms with Crippen LogP contribution in [0.5, 0.6) is 0 Å². The lowest BCUT2D eigenvalue weighted by Gasteiger charge is -2.22. The first-order chi connectivity index (χ1) is 8.58. The zero-order valence-corrected chi connectivity index (χ0v) is 12.5. The Bertz CT molecular complexity index is 398. The van der Waals surface area contributed by atoms with Crippen LogP contribution >= 0.6 is 11.6 Å². The van der Waals surface area contributed by atoms with E-state index in [0.717, 1.165) is 30.8 Å². The highest BCUT2D eigenvalue weighted by Crippen LogP contribution is 2.26. The average Bonchev–Trinajstić information content (AvgIpc) is 2.34. The third-order valence-corrected chi connectivity index (χ3v) is 3.48. The van der Waals surface area contributed by atoms with Crippen LogP contribution in [-0.4, -0.2) is 6.54 Å². The SMILES string of the molecule is C=C(CC)CC(NCCC)c1ccc(Cl)cc1C. The molecule has 1 aromatic carbocycles. The van der Waals surface area contributed by atoms with Crippen molar-refractivity contribution in [1.29, 1.82) is 0 Å². The number of hydrogen-bond acceptors (Lipinski definition) is 1. The molecule has 1 unspecified atom stereocenters. The maximum absolute atomic E-state index is 6.02. The molecule has 2 heteroatoms. The molecule has 1 atom stereocenters. The third-order valence-electron chi connectivity index (χ3n) is 3.24. The predicted molar refractivity (Wildman–Crippen MR) is 81.3 cm³/mol. The molecule has 18 heavy (non-hydrogen) atoms. The Morgan fingerprint density at radius 3 is 2.67 bits per heavy atom. The van der Waals surface area contributed by atoms with Crippen molar-refractivity contribution in [2.75, 3.05) is 6.54 Å². The molecule has 1 N–H and O–H groups in total. The molecule has 0 aromatic heterocycles. The monoisotopic (exact) mass is 265 g/mol. The third kappa shape index (κ3) is 4.47. The van der Waals surface area contributed by atoms with Crippen LogP contribution in [0.4, 0.5) is 0 Å². The highest BCUT2D eigenvalue weighted by Gasteiger charge is 2.14. The molecule has 0 bridgehead atoms. The van der Waals surface area contributed by atoms with Gasteiger partial charge in [-0.05, 0) is 56.0 Å². The van der Waals surface area contributed by atoms with Crippen LogP contribution in [-0.2, 0) is 0 Å². The van der Waals surface area contributed by atoms with E-state index in [2.05, 4.69) is 38.7 Å². The van der Waals surface area contributed by atoms with E-state index in [1.807, 2.05) is 12.1 Å². The largest absolute Gasteiger partial charge is 0.310 e. The smallest absolute Gasteiger partial charge is 0.0408 e. The standard InChI is InChI=1S/C16H24ClN/c1-5-9-18-16(10-12(3)6-2)15-8-7-14(17)11-13(15)4/h7-8,11,16,18H,3,5-6,9-10H2,1-2,4H3. The fraction of sp³-hybridized carbons (Fsp3) is 0.500. The van der Waals surface area contributed by atoms with Gasteiger partial charge in [0, 0.05) is 11.1 Å². The first kappa shape index (κ1) is 15.3. The van der Waals surface area contributed by atoms with Crippen molar-refractivity contribution in [3.05, 3.63) is 46.5 Å². The van der Waals surface area contributed by atoms with Gasteiger partial charge in [-0.3, -0.25) is 0 Å². The van der Waals surface area contributed by atoms with Crippen molar-refractivity contribution in [2.45, 2.75) is 46.1 Å². The normalized spacial score (nSPS) is 12.4. The number of rotatable bonds is 7. The van der Waals surface area contributed by atoms with Crippen LogP contribution in [0.3, 0.4) is 0 Å². The summed E-state index contributed by atoms with van der Waals surface area (Å²) in [6.07, 6.45) is 3.18. The zero-order chi connectivity index (χ0) is 13.5. The molecular formula is C16H24ClN. The molecule has 1 rings (SSSR count). The van der Waals surface area contributed by atoms with E-state index in [1.54, 1.807) is 0 Å². The van der Waals surface area contributed by atoms with E-state index in [-0.39, 0.29) is 0 Å². The Kier molecular flexibility index (Phi) is 6.45. The maximum atomic E-state index is 6.02. The van der Waals surface area contributed by atoms with Gasteiger partial charge in [0.25, 0.3) is 0 Å². The molecule has 100 valence electrons. The summed E-state index contributed by atoms with van der Waals surface area (Å²) in [6, 6.07) is 6.49. The molecule has 0 amide bonds. The summed E-state index contributed by atoms with van der Waals surface area (Å²) in [5.74, 6) is 0. The van der Waals surface area contributed by atoms with Crippen molar-refractivity contribution < 1.29 is 0 Å². The van der Waals surface area contributed by atoms with E-state index in [1.165, 1.54) is 16.7 Å². The Hall–Kier alpha value is -0.790. The summed E-state index contributed by atoms with van der Waals surface area (Å²) in [5.41, 5.74) is 3.88. The fourth-order valence-corrected chi connectivity index (χ4v) is 2.30. The molecule has 0 aliphatic heterocycles. The minimum atomic E-state index is 0.356. The lowest BCUT2D eigenvalue weighted by Crippen LogP contribution is -2.23. The van der Waals surface area contributed by atoms with Gasteiger partial charge in [0.15, 0.2) is 0 Å². The van der Waals surface area contributed by atoms with Gasteiger partial charge in [0.05, 0.1) is 0 Å². The molecule has 0 fully saturated rings. The van der Waals surface area contributed by atoms with Gasteiger partial charge in [-0.25, -0.2) is 0 Å². The summed E-state index contributed by atoms with van der Waals surface area (Å²) in [6.45, 7) is 11.6. The van der Waals surface area contributed by atoms with Crippen LogP contribution in [0.25, 0.3) is 0 Å². The van der Waals surface area contributed by atoms with Gasteiger partial charge >= 0.3 is 0 Å². The molecule has 0 saturated carbocycles. The van der Waals surface area contributed by atoms with Gasteiger partial charge < -0.3 is 5.32 Å². The molecule has 0 aliphatic carbocycles. The number of halogens is 1. The molecule has 0 heterocycles. The van der Waals surface area contributed by atoms with Crippen molar-refractivity contribution >= 4 is 11.6 Å². The van der Waals surface area contributed by atoms with Gasteiger partial charge in [-0.15, -0.1) is 0 Å². The Morgan fingerprint density at radius 2 is 2.11 bits per heavy atom. The van der Waals surface area contributed by atoms with E-state index in [4.69, 9.17) is 11.6 Å². The number of aryl methyl sites for hydroxylation is 1. The van der Waals surface area contributed by atoms with Crippen LogP contribution in [0.1, 0.15) is 50.3 Å². The first-order valence-electron chi connectivity index (χ1n) is 6.74. The van der Waals surface area contributed by atoms with E-state index in [0.29, 0.717) is 6.04 Å². The predicted octanol–water partition coefficient (Wildman–Crippen LogP) is 5.05. The second-order valence-corrected chi connectivity index (χ2v) is 5.25. The summed E-state index contributed by atoms with van der Waals surface area (Å²) in [4.78, 5) is 0. The van der Waals surface area contributed by atoms with Gasteiger partial charge in [-0.1, -0.05) is 43.7 Å². The quantitative estimate of drug-likeness (QED) is 0.681. The molecular weight excluding hydrogens is 242 g/mol. The second-order valence-electron chi connectivity index (χ2n) is 4.82. The lowest BCUT2D eigenvalue weighted by molar-refractivity contribution is 0.521. The number of hydrogen-bond donors (Lipinski definition) is 1. The van der Waals surface area contributed by atoms with Crippen molar-refractivity contribution in [3.8, 4) is 0 Å². The van der Waals surface area contributed by atoms with Crippen molar-refractivity contribution in [3.63, 3.8) is 0 Å². The van der Waals surface area contributed by atoms with Crippen molar-refractivity contribution in [1.82, 2.24) is 5.32 Å². The van der Waals surface area contributed by atoms with E-state index >= 15 is 0 Å². The Morgan fingerprint density at radius 1 is 1.39 bits per heavy atom. The number of benzene rings is 1. The highest BCUT2D eigenvalue weighted by atomic mass is 35.5. The van der Waals surface area contributed by atoms with Crippen LogP contribution in [0.2, 0.25) is 5.02 Å². The summed E-state index contributed by atoms with van der Waals surface area (Å²) in [7, 11) is 0. The van der Waals surface area contributed by atoms with Crippen LogP contribution in [0, 0.1) is 6.92 Å². The maximum Gasteiger partial charge on any atom is 0.0408 e.